The van der Waals surface area contributed by atoms with Crippen LogP contribution in [0.5, 0.6) is 0 Å². The first-order valence-corrected chi connectivity index (χ1v) is 7.52. The largest absolute Gasteiger partial charge is 0.359 e. The third-order valence-corrected chi connectivity index (χ3v) is 4.02. The van der Waals surface area contributed by atoms with Crippen molar-refractivity contribution in [3.8, 4) is 0 Å². The van der Waals surface area contributed by atoms with E-state index in [-0.39, 0.29) is 11.9 Å². The molecular weight excluding hydrogens is 268 g/mol. The molecular formula is C15H20N4O2. The maximum atomic E-state index is 12.8. The van der Waals surface area contributed by atoms with Crippen LogP contribution >= 0.6 is 0 Å². The van der Waals surface area contributed by atoms with Crippen molar-refractivity contribution < 1.29 is 9.32 Å². The highest BCUT2D eigenvalue weighted by molar-refractivity contribution is 5.93. The van der Waals surface area contributed by atoms with E-state index in [1.54, 1.807) is 16.9 Å². The van der Waals surface area contributed by atoms with Gasteiger partial charge in [0.15, 0.2) is 5.76 Å². The number of carbonyl (C=O) groups excluding carboxylic acids is 1. The smallest absolute Gasteiger partial charge is 0.272 e. The maximum absolute atomic E-state index is 12.8. The molecule has 3 rings (SSSR count). The summed E-state index contributed by atoms with van der Waals surface area (Å²) in [5.74, 6) is 0.812. The second kappa shape index (κ2) is 5.71. The van der Waals surface area contributed by atoms with Gasteiger partial charge in [-0.3, -0.25) is 9.48 Å². The molecule has 0 spiro atoms. The van der Waals surface area contributed by atoms with Crippen molar-refractivity contribution in [3.05, 3.63) is 35.5 Å². The second-order valence-electron chi connectivity index (χ2n) is 5.26. The van der Waals surface area contributed by atoms with Gasteiger partial charge in [-0.15, -0.1) is 0 Å². The van der Waals surface area contributed by atoms with Gasteiger partial charge in [0, 0.05) is 25.4 Å². The summed E-state index contributed by atoms with van der Waals surface area (Å²) in [5.41, 5.74) is 1.57. The molecule has 1 aliphatic heterocycles. The third kappa shape index (κ3) is 2.46. The zero-order chi connectivity index (χ0) is 14.8. The van der Waals surface area contributed by atoms with Gasteiger partial charge in [0.05, 0.1) is 11.7 Å². The Morgan fingerprint density at radius 1 is 1.48 bits per heavy atom. The number of aromatic nitrogens is 3. The molecule has 6 heteroatoms. The zero-order valence-corrected chi connectivity index (χ0v) is 12.5. The van der Waals surface area contributed by atoms with Crippen molar-refractivity contribution >= 4 is 5.91 Å². The van der Waals surface area contributed by atoms with Crippen molar-refractivity contribution in [2.45, 2.75) is 45.7 Å². The molecule has 21 heavy (non-hydrogen) atoms. The minimum atomic E-state index is -0.00879. The molecule has 0 N–H and O–H groups in total. The summed E-state index contributed by atoms with van der Waals surface area (Å²) in [6.45, 7) is 5.46. The van der Waals surface area contributed by atoms with Gasteiger partial charge >= 0.3 is 0 Å². The molecule has 2 aromatic heterocycles. The minimum Gasteiger partial charge on any atom is -0.359 e. The molecule has 0 radical (unpaired) electrons. The Hall–Kier alpha value is -2.11. The fourth-order valence-electron chi connectivity index (χ4n) is 2.87. The van der Waals surface area contributed by atoms with E-state index < -0.39 is 0 Å². The van der Waals surface area contributed by atoms with Gasteiger partial charge in [0.2, 0.25) is 0 Å². The molecule has 112 valence electrons. The predicted molar refractivity (Wildman–Crippen MR) is 76.8 cm³/mol. The molecule has 0 saturated carbocycles. The summed E-state index contributed by atoms with van der Waals surface area (Å²) in [5, 5.41) is 8.21. The lowest BCUT2D eigenvalue weighted by Crippen LogP contribution is -2.32. The fraction of sp³-hybridized carbons (Fsp3) is 0.533. The average Bonchev–Trinajstić information content (AvgIpc) is 3.23. The molecule has 1 atom stereocenters. The monoisotopic (exact) mass is 288 g/mol. The molecule has 1 saturated heterocycles. The highest BCUT2D eigenvalue weighted by Gasteiger charge is 2.34. The number of amides is 1. The van der Waals surface area contributed by atoms with Gasteiger partial charge in [-0.2, -0.15) is 5.10 Å². The number of hydrogen-bond acceptors (Lipinski definition) is 4. The number of nitrogens with zero attached hydrogens (tertiary/aromatic N) is 4. The van der Waals surface area contributed by atoms with Crippen LogP contribution in [-0.4, -0.2) is 32.3 Å². The number of likely N-dealkylation sites (tertiary alicyclic amines) is 1. The van der Waals surface area contributed by atoms with Crippen LogP contribution in [0, 0.1) is 0 Å². The Morgan fingerprint density at radius 2 is 2.33 bits per heavy atom. The zero-order valence-electron chi connectivity index (χ0n) is 12.5. The Bertz CT molecular complexity index is 631. The van der Waals surface area contributed by atoms with Crippen LogP contribution in [0.1, 0.15) is 54.7 Å². The number of aryl methyl sites for hydroxylation is 2. The molecule has 0 aliphatic carbocycles. The van der Waals surface area contributed by atoms with Crippen LogP contribution in [-0.2, 0) is 13.0 Å². The van der Waals surface area contributed by atoms with Crippen molar-refractivity contribution in [2.24, 2.45) is 0 Å². The highest BCUT2D eigenvalue weighted by atomic mass is 16.5. The third-order valence-electron chi connectivity index (χ3n) is 4.02. The number of rotatable bonds is 4. The van der Waals surface area contributed by atoms with E-state index >= 15 is 0 Å². The molecule has 3 heterocycles. The first-order valence-electron chi connectivity index (χ1n) is 7.52. The van der Waals surface area contributed by atoms with E-state index in [0.29, 0.717) is 12.2 Å². The molecule has 0 bridgehead atoms. The van der Waals surface area contributed by atoms with Crippen molar-refractivity contribution in [2.75, 3.05) is 6.54 Å². The summed E-state index contributed by atoms with van der Waals surface area (Å²) in [7, 11) is 0. The molecule has 0 aromatic carbocycles. The van der Waals surface area contributed by atoms with Crippen LogP contribution in [0.2, 0.25) is 0 Å². The van der Waals surface area contributed by atoms with E-state index in [0.717, 1.165) is 37.3 Å². The van der Waals surface area contributed by atoms with Crippen molar-refractivity contribution in [3.63, 3.8) is 0 Å². The van der Waals surface area contributed by atoms with Crippen LogP contribution in [0.3, 0.4) is 0 Å². The SMILES string of the molecule is CCc1cc([C@H]2CCCN2C(=O)c2ccnn2CC)on1. The van der Waals surface area contributed by atoms with E-state index in [2.05, 4.69) is 10.3 Å². The Balaban J connectivity index is 1.85. The van der Waals surface area contributed by atoms with E-state index in [1.165, 1.54) is 0 Å². The normalized spacial score (nSPS) is 18.4. The molecule has 6 nitrogen and oxygen atoms in total. The quantitative estimate of drug-likeness (QED) is 0.866. The van der Waals surface area contributed by atoms with Crippen LogP contribution in [0.15, 0.2) is 22.9 Å². The molecule has 1 fully saturated rings. The second-order valence-corrected chi connectivity index (χ2v) is 5.26. The molecule has 1 amide bonds. The van der Waals surface area contributed by atoms with Crippen LogP contribution in [0.25, 0.3) is 0 Å². The lowest BCUT2D eigenvalue weighted by Gasteiger charge is -2.22. The minimum absolute atomic E-state index is 0.00879. The lowest BCUT2D eigenvalue weighted by atomic mass is 10.1. The van der Waals surface area contributed by atoms with Gasteiger partial charge < -0.3 is 9.42 Å². The summed E-state index contributed by atoms with van der Waals surface area (Å²) >= 11 is 0. The lowest BCUT2D eigenvalue weighted by molar-refractivity contribution is 0.0702. The van der Waals surface area contributed by atoms with Gasteiger partial charge in [-0.05, 0) is 32.3 Å². The average molecular weight is 288 g/mol. The van der Waals surface area contributed by atoms with Crippen molar-refractivity contribution in [1.82, 2.24) is 19.8 Å². The Kier molecular flexibility index (Phi) is 3.77. The first-order chi connectivity index (χ1) is 10.2. The maximum Gasteiger partial charge on any atom is 0.272 e. The Morgan fingerprint density at radius 3 is 3.05 bits per heavy atom. The standard InChI is InChI=1S/C15H20N4O2/c1-3-11-10-14(21-17-11)12-6-5-9-18(12)15(20)13-7-8-16-19(13)4-2/h7-8,10,12H,3-6,9H2,1-2H3/t12-/m1/s1. The van der Waals surface area contributed by atoms with Gasteiger partial charge in [0.25, 0.3) is 5.91 Å². The molecule has 0 unspecified atom stereocenters. The van der Waals surface area contributed by atoms with Gasteiger partial charge in [0.1, 0.15) is 5.69 Å². The van der Waals surface area contributed by atoms with Gasteiger partial charge in [-0.25, -0.2) is 0 Å². The topological polar surface area (TPSA) is 64.2 Å². The molecule has 1 aliphatic rings. The Labute approximate surface area is 123 Å². The number of hydrogen-bond donors (Lipinski definition) is 0. The number of carbonyl (C=O) groups is 1. The van der Waals surface area contributed by atoms with E-state index in [4.69, 9.17) is 4.52 Å². The fourth-order valence-corrected chi connectivity index (χ4v) is 2.87. The first kappa shape index (κ1) is 13.9. The summed E-state index contributed by atoms with van der Waals surface area (Å²) in [6.07, 6.45) is 4.42. The van der Waals surface area contributed by atoms with Crippen molar-refractivity contribution in [1.29, 1.82) is 0 Å². The van der Waals surface area contributed by atoms with Crippen LogP contribution < -0.4 is 0 Å². The summed E-state index contributed by atoms with van der Waals surface area (Å²) < 4.78 is 7.16. The van der Waals surface area contributed by atoms with Gasteiger partial charge in [-0.1, -0.05) is 12.1 Å². The predicted octanol–water partition coefficient (Wildman–Crippen LogP) is 2.43. The highest BCUT2D eigenvalue weighted by Crippen LogP contribution is 2.33. The summed E-state index contributed by atoms with van der Waals surface area (Å²) in [6, 6.07) is 3.73. The summed E-state index contributed by atoms with van der Waals surface area (Å²) in [4.78, 5) is 14.6. The van der Waals surface area contributed by atoms with E-state index in [9.17, 15) is 4.79 Å². The molecule has 2 aromatic rings. The van der Waals surface area contributed by atoms with Crippen LogP contribution in [0.4, 0.5) is 0 Å². The van der Waals surface area contributed by atoms with E-state index in [1.807, 2.05) is 24.8 Å².